The van der Waals surface area contributed by atoms with Crippen LogP contribution in [0.3, 0.4) is 0 Å². The zero-order chi connectivity index (χ0) is 27.8. The van der Waals surface area contributed by atoms with Gasteiger partial charge in [-0.2, -0.15) is 0 Å². The highest BCUT2D eigenvalue weighted by Gasteiger charge is 2.28. The van der Waals surface area contributed by atoms with Crippen molar-refractivity contribution in [1.82, 2.24) is 9.97 Å². The van der Waals surface area contributed by atoms with Crippen molar-refractivity contribution in [3.05, 3.63) is 111 Å². The topological polar surface area (TPSA) is 46.1 Å². The number of anilines is 1. The molecule has 198 valence electrons. The van der Waals surface area contributed by atoms with Gasteiger partial charge in [-0.15, -0.1) is 0 Å². The van der Waals surface area contributed by atoms with Crippen LogP contribution in [0.5, 0.6) is 0 Å². The lowest BCUT2D eigenvalue weighted by molar-refractivity contribution is -0.117. The summed E-state index contributed by atoms with van der Waals surface area (Å²) in [6.45, 7) is 1.08. The summed E-state index contributed by atoms with van der Waals surface area (Å²) >= 11 is 0. The van der Waals surface area contributed by atoms with Crippen LogP contribution >= 0.6 is 0 Å². The molecule has 0 fully saturated rings. The first-order chi connectivity index (χ1) is 18.7. The van der Waals surface area contributed by atoms with E-state index in [4.69, 9.17) is 9.97 Å². The number of carbonyl (C=O) groups excluding carboxylic acids is 1. The number of hydrogen-bond acceptors (Lipinski definition) is 3. The van der Waals surface area contributed by atoms with Gasteiger partial charge in [0.15, 0.2) is 29.1 Å². The average Bonchev–Trinajstić information content (AvgIpc) is 2.95. The summed E-state index contributed by atoms with van der Waals surface area (Å²) in [6.07, 6.45) is 3.68. The number of fused-ring (bicyclic) bond motifs is 3. The maximum absolute atomic E-state index is 14.5. The molecule has 3 aromatic carbocycles. The Balaban J connectivity index is 1.57. The Labute approximate surface area is 221 Å². The zero-order valence-corrected chi connectivity index (χ0v) is 21.0. The first-order valence-corrected chi connectivity index (χ1v) is 12.2. The Morgan fingerprint density at radius 3 is 2.36 bits per heavy atom. The SMILES string of the molecule is Cc1c(F)c(F)c(F)c(F)c1CC(=O)N(C)c1nc2c(nc1/C=C/c1ccccc1)-c1ccc(F)cc1CC2. The Kier molecular flexibility index (Phi) is 6.99. The van der Waals surface area contributed by atoms with Gasteiger partial charge in [0.1, 0.15) is 11.5 Å². The van der Waals surface area contributed by atoms with E-state index in [2.05, 4.69) is 0 Å². The summed E-state index contributed by atoms with van der Waals surface area (Å²) < 4.78 is 70.0. The number of hydrogen-bond donors (Lipinski definition) is 0. The van der Waals surface area contributed by atoms with Gasteiger partial charge < -0.3 is 0 Å². The lowest BCUT2D eigenvalue weighted by Crippen LogP contribution is -2.31. The van der Waals surface area contributed by atoms with E-state index in [9.17, 15) is 26.7 Å². The van der Waals surface area contributed by atoms with Crippen LogP contribution in [-0.2, 0) is 24.1 Å². The predicted molar refractivity (Wildman–Crippen MR) is 138 cm³/mol. The number of rotatable bonds is 5. The van der Waals surface area contributed by atoms with Gasteiger partial charge in [0.25, 0.3) is 0 Å². The van der Waals surface area contributed by atoms with Crippen molar-refractivity contribution in [3.63, 3.8) is 0 Å². The van der Waals surface area contributed by atoms with Gasteiger partial charge in [-0.1, -0.05) is 36.4 Å². The largest absolute Gasteiger partial charge is 0.298 e. The number of aromatic nitrogens is 2. The highest BCUT2D eigenvalue weighted by molar-refractivity contribution is 5.96. The maximum Gasteiger partial charge on any atom is 0.232 e. The lowest BCUT2D eigenvalue weighted by atomic mass is 9.91. The molecule has 39 heavy (non-hydrogen) atoms. The molecule has 5 rings (SSSR count). The van der Waals surface area contributed by atoms with Crippen molar-refractivity contribution in [2.45, 2.75) is 26.2 Å². The van der Waals surface area contributed by atoms with E-state index >= 15 is 0 Å². The third-order valence-electron chi connectivity index (χ3n) is 6.81. The molecule has 0 aliphatic heterocycles. The summed E-state index contributed by atoms with van der Waals surface area (Å²) in [5, 5.41) is 0. The molecular weight excluding hydrogens is 513 g/mol. The molecule has 0 N–H and O–H groups in total. The van der Waals surface area contributed by atoms with Crippen molar-refractivity contribution in [1.29, 1.82) is 0 Å². The van der Waals surface area contributed by atoms with E-state index in [0.29, 0.717) is 29.9 Å². The first-order valence-electron chi connectivity index (χ1n) is 12.2. The van der Waals surface area contributed by atoms with E-state index in [1.54, 1.807) is 18.2 Å². The number of benzene rings is 3. The second-order valence-electron chi connectivity index (χ2n) is 9.26. The second kappa shape index (κ2) is 10.4. The number of nitrogens with zero attached hydrogens (tertiary/aromatic N) is 3. The molecule has 0 unspecified atom stereocenters. The number of carbonyl (C=O) groups is 1. The molecule has 1 aliphatic rings. The number of amides is 1. The van der Waals surface area contributed by atoms with Crippen LogP contribution in [0.25, 0.3) is 23.4 Å². The van der Waals surface area contributed by atoms with E-state index in [1.165, 1.54) is 19.2 Å². The highest BCUT2D eigenvalue weighted by Crippen LogP contribution is 2.34. The van der Waals surface area contributed by atoms with Crippen LogP contribution in [0.1, 0.15) is 33.6 Å². The van der Waals surface area contributed by atoms with Crippen molar-refractivity contribution in [3.8, 4) is 11.3 Å². The van der Waals surface area contributed by atoms with Crippen LogP contribution in [0.2, 0.25) is 0 Å². The Bertz CT molecular complexity index is 1610. The highest BCUT2D eigenvalue weighted by atomic mass is 19.2. The van der Waals surface area contributed by atoms with Crippen LogP contribution in [0, 0.1) is 36.0 Å². The second-order valence-corrected chi connectivity index (χ2v) is 9.26. The monoisotopic (exact) mass is 535 g/mol. The fourth-order valence-corrected chi connectivity index (χ4v) is 4.60. The van der Waals surface area contributed by atoms with E-state index < -0.39 is 46.7 Å². The maximum atomic E-state index is 14.5. The summed E-state index contributed by atoms with van der Waals surface area (Å²) in [5.74, 6) is -8.00. The molecule has 1 aliphatic carbocycles. The fraction of sp³-hybridized carbons (Fsp3) is 0.167. The molecule has 1 amide bonds. The van der Waals surface area contributed by atoms with Crippen molar-refractivity contribution >= 4 is 23.9 Å². The molecule has 0 saturated heterocycles. The molecule has 0 spiro atoms. The van der Waals surface area contributed by atoms with E-state index in [-0.39, 0.29) is 11.6 Å². The van der Waals surface area contributed by atoms with Crippen molar-refractivity contribution in [2.24, 2.45) is 0 Å². The van der Waals surface area contributed by atoms with E-state index in [1.807, 2.05) is 30.3 Å². The quantitative estimate of drug-likeness (QED) is 0.164. The molecular formula is C30H22F5N3O. The molecule has 0 bridgehead atoms. The minimum atomic E-state index is -1.97. The zero-order valence-electron chi connectivity index (χ0n) is 21.0. The first kappa shape index (κ1) is 26.2. The molecule has 9 heteroatoms. The molecule has 1 aromatic heterocycles. The van der Waals surface area contributed by atoms with Gasteiger partial charge in [-0.25, -0.2) is 31.9 Å². The smallest absolute Gasteiger partial charge is 0.232 e. The number of likely N-dealkylation sites (N-methyl/N-ethyl adjacent to an activating group) is 1. The number of aryl methyl sites for hydroxylation is 2. The summed E-state index contributed by atoms with van der Waals surface area (Å²) in [5.41, 5.74) is 2.76. The lowest BCUT2D eigenvalue weighted by Gasteiger charge is -2.24. The van der Waals surface area contributed by atoms with Gasteiger partial charge in [-0.3, -0.25) is 9.69 Å². The molecule has 0 atom stereocenters. The van der Waals surface area contributed by atoms with Gasteiger partial charge in [-0.05, 0) is 60.7 Å². The van der Waals surface area contributed by atoms with Crippen LogP contribution < -0.4 is 4.90 Å². The average molecular weight is 536 g/mol. The minimum Gasteiger partial charge on any atom is -0.298 e. The standard InChI is InChI=1S/C30H22F5N3O/c1-16-21(26(33)28(35)27(34)25(16)32)15-24(39)38(2)30-23(12-8-17-6-4-3-5-7-17)36-29-20-11-10-19(31)14-18(20)9-13-22(29)37-30/h3-8,10-12,14H,9,13,15H2,1-2H3/b12-8+. The molecule has 4 nitrogen and oxygen atoms in total. The van der Waals surface area contributed by atoms with Crippen LogP contribution in [0.15, 0.2) is 48.5 Å². The van der Waals surface area contributed by atoms with Crippen molar-refractivity contribution in [2.75, 3.05) is 11.9 Å². The number of halogens is 5. The predicted octanol–water partition coefficient (Wildman–Crippen LogP) is 6.62. The summed E-state index contributed by atoms with van der Waals surface area (Å²) in [6, 6.07) is 13.8. The normalized spacial score (nSPS) is 12.4. The van der Waals surface area contributed by atoms with Crippen LogP contribution in [-0.4, -0.2) is 22.9 Å². The van der Waals surface area contributed by atoms with Gasteiger partial charge in [0.2, 0.25) is 5.91 Å². The van der Waals surface area contributed by atoms with E-state index in [0.717, 1.165) is 28.5 Å². The van der Waals surface area contributed by atoms with Crippen LogP contribution in [0.4, 0.5) is 27.8 Å². The fourth-order valence-electron chi connectivity index (χ4n) is 4.60. The molecule has 0 saturated carbocycles. The van der Waals surface area contributed by atoms with Gasteiger partial charge >= 0.3 is 0 Å². The third-order valence-corrected chi connectivity index (χ3v) is 6.81. The summed E-state index contributed by atoms with van der Waals surface area (Å²) in [4.78, 5) is 23.9. The third kappa shape index (κ3) is 4.92. The Morgan fingerprint density at radius 1 is 0.897 bits per heavy atom. The Hall–Kier alpha value is -4.40. The molecule has 0 radical (unpaired) electrons. The molecule has 4 aromatic rings. The van der Waals surface area contributed by atoms with Gasteiger partial charge in [0.05, 0.1) is 17.8 Å². The molecule has 1 heterocycles. The van der Waals surface area contributed by atoms with Crippen molar-refractivity contribution < 1.29 is 26.7 Å². The summed E-state index contributed by atoms with van der Waals surface area (Å²) in [7, 11) is 1.40. The minimum absolute atomic E-state index is 0.151. The van der Waals surface area contributed by atoms with Gasteiger partial charge in [0, 0.05) is 18.2 Å². The Morgan fingerprint density at radius 2 is 1.62 bits per heavy atom.